The van der Waals surface area contributed by atoms with Gasteiger partial charge in [0.2, 0.25) is 0 Å². The molecule has 0 saturated heterocycles. The maximum Gasteiger partial charge on any atom is 0.183 e. The maximum absolute atomic E-state index is 4.71. The zero-order chi connectivity index (χ0) is 13.4. The lowest BCUT2D eigenvalue weighted by Gasteiger charge is -2.06. The minimum Gasteiger partial charge on any atom is -0.362 e. The van der Waals surface area contributed by atoms with Gasteiger partial charge >= 0.3 is 0 Å². The van der Waals surface area contributed by atoms with E-state index in [1.807, 2.05) is 0 Å². The van der Waals surface area contributed by atoms with Crippen LogP contribution in [0.3, 0.4) is 0 Å². The number of aromatic nitrogens is 2. The van der Waals surface area contributed by atoms with E-state index in [2.05, 4.69) is 42.1 Å². The highest BCUT2D eigenvalue weighted by Crippen LogP contribution is 2.40. The van der Waals surface area contributed by atoms with Crippen LogP contribution in [-0.2, 0) is 0 Å². The van der Waals surface area contributed by atoms with Crippen molar-refractivity contribution in [2.45, 2.75) is 46.1 Å². The largest absolute Gasteiger partial charge is 0.362 e. The summed E-state index contributed by atoms with van der Waals surface area (Å²) >= 11 is 1.70. The van der Waals surface area contributed by atoms with Gasteiger partial charge in [-0.05, 0) is 39.2 Å². The van der Waals surface area contributed by atoms with Crippen molar-refractivity contribution in [2.75, 3.05) is 11.9 Å². The molecule has 3 rings (SSSR count). The summed E-state index contributed by atoms with van der Waals surface area (Å²) in [6, 6.07) is 3.02. The first-order valence-electron chi connectivity index (χ1n) is 7.09. The number of anilines is 1. The Bertz CT molecular complexity index is 578. The molecule has 0 unspecified atom stereocenters. The Morgan fingerprint density at radius 1 is 1.42 bits per heavy atom. The van der Waals surface area contributed by atoms with Crippen LogP contribution in [0.25, 0.3) is 11.3 Å². The molecule has 0 spiro atoms. The predicted octanol–water partition coefficient (Wildman–Crippen LogP) is 4.39. The van der Waals surface area contributed by atoms with Crippen molar-refractivity contribution < 1.29 is 0 Å². The fourth-order valence-electron chi connectivity index (χ4n) is 2.64. The van der Waals surface area contributed by atoms with Crippen molar-refractivity contribution in [1.82, 2.24) is 9.55 Å². The van der Waals surface area contributed by atoms with Gasteiger partial charge in [-0.3, -0.25) is 0 Å². The summed E-state index contributed by atoms with van der Waals surface area (Å²) in [5.74, 6) is 0. The highest BCUT2D eigenvalue weighted by molar-refractivity contribution is 7.14. The van der Waals surface area contributed by atoms with Crippen LogP contribution in [0, 0.1) is 13.8 Å². The van der Waals surface area contributed by atoms with Gasteiger partial charge in [-0.2, -0.15) is 0 Å². The van der Waals surface area contributed by atoms with Gasteiger partial charge < -0.3 is 9.88 Å². The van der Waals surface area contributed by atoms with Gasteiger partial charge in [0, 0.05) is 34.9 Å². The molecule has 0 aromatic carbocycles. The number of thiazole rings is 1. The summed E-state index contributed by atoms with van der Waals surface area (Å²) in [6.45, 7) is 7.59. The lowest BCUT2D eigenvalue weighted by atomic mass is 10.2. The third-order valence-corrected chi connectivity index (χ3v) is 4.50. The minimum atomic E-state index is 0.741. The second-order valence-corrected chi connectivity index (χ2v) is 6.21. The SMILES string of the molecule is CCCNc1nc(-c2cc(C)n(C3CC3)c2C)cs1. The Morgan fingerprint density at radius 3 is 2.89 bits per heavy atom. The molecule has 4 heteroatoms. The third-order valence-electron chi connectivity index (χ3n) is 3.70. The van der Waals surface area contributed by atoms with Crippen molar-refractivity contribution in [3.8, 4) is 11.3 Å². The number of hydrogen-bond acceptors (Lipinski definition) is 3. The molecule has 19 heavy (non-hydrogen) atoms. The molecule has 1 aliphatic carbocycles. The van der Waals surface area contributed by atoms with E-state index in [1.165, 1.54) is 29.8 Å². The summed E-state index contributed by atoms with van der Waals surface area (Å²) in [6.07, 6.45) is 3.79. The van der Waals surface area contributed by atoms with Crippen LogP contribution in [0.4, 0.5) is 5.13 Å². The van der Waals surface area contributed by atoms with Gasteiger partial charge in [0.25, 0.3) is 0 Å². The van der Waals surface area contributed by atoms with E-state index < -0.39 is 0 Å². The van der Waals surface area contributed by atoms with Crippen LogP contribution in [0.5, 0.6) is 0 Å². The molecular weight excluding hydrogens is 254 g/mol. The molecule has 3 nitrogen and oxygen atoms in total. The van der Waals surface area contributed by atoms with E-state index in [1.54, 1.807) is 11.3 Å². The lowest BCUT2D eigenvalue weighted by molar-refractivity contribution is 0.700. The van der Waals surface area contributed by atoms with Gasteiger partial charge in [-0.15, -0.1) is 11.3 Å². The lowest BCUT2D eigenvalue weighted by Crippen LogP contribution is -1.99. The smallest absolute Gasteiger partial charge is 0.183 e. The molecular formula is C15H21N3S. The first-order valence-corrected chi connectivity index (χ1v) is 7.97. The summed E-state index contributed by atoms with van der Waals surface area (Å²) in [4.78, 5) is 4.71. The zero-order valence-corrected chi connectivity index (χ0v) is 12.7. The molecule has 2 heterocycles. The van der Waals surface area contributed by atoms with Crippen LogP contribution >= 0.6 is 11.3 Å². The van der Waals surface area contributed by atoms with Crippen molar-refractivity contribution in [1.29, 1.82) is 0 Å². The number of nitrogens with one attached hydrogen (secondary N) is 1. The van der Waals surface area contributed by atoms with E-state index >= 15 is 0 Å². The topological polar surface area (TPSA) is 29.9 Å². The van der Waals surface area contributed by atoms with E-state index in [0.29, 0.717) is 0 Å². The maximum atomic E-state index is 4.71. The van der Waals surface area contributed by atoms with Crippen LogP contribution in [0.1, 0.15) is 43.6 Å². The molecule has 0 aliphatic heterocycles. The molecule has 0 radical (unpaired) electrons. The van der Waals surface area contributed by atoms with Gasteiger partial charge in [-0.25, -0.2) is 4.98 Å². The summed E-state index contributed by atoms with van der Waals surface area (Å²) in [5.41, 5.74) is 5.15. The van der Waals surface area contributed by atoms with Crippen molar-refractivity contribution in [3.05, 3.63) is 22.8 Å². The number of rotatable bonds is 5. The van der Waals surface area contributed by atoms with Crippen molar-refractivity contribution in [3.63, 3.8) is 0 Å². The number of aryl methyl sites for hydroxylation is 1. The fraction of sp³-hybridized carbons (Fsp3) is 0.533. The molecule has 2 aromatic rings. The third kappa shape index (κ3) is 2.41. The second-order valence-electron chi connectivity index (χ2n) is 5.35. The van der Waals surface area contributed by atoms with Gasteiger partial charge in [0.1, 0.15) is 0 Å². The Balaban J connectivity index is 1.89. The Hall–Kier alpha value is -1.29. The summed E-state index contributed by atoms with van der Waals surface area (Å²) < 4.78 is 2.48. The van der Waals surface area contributed by atoms with Crippen LogP contribution in [0.15, 0.2) is 11.4 Å². The molecule has 0 amide bonds. The second kappa shape index (κ2) is 5.00. The van der Waals surface area contributed by atoms with E-state index in [-0.39, 0.29) is 0 Å². The molecule has 0 bridgehead atoms. The molecule has 102 valence electrons. The van der Waals surface area contributed by atoms with Gasteiger partial charge in [0.05, 0.1) is 5.69 Å². The van der Waals surface area contributed by atoms with Crippen molar-refractivity contribution in [2.24, 2.45) is 0 Å². The molecule has 1 saturated carbocycles. The molecule has 1 N–H and O–H groups in total. The highest BCUT2D eigenvalue weighted by atomic mass is 32.1. The fourth-order valence-corrected chi connectivity index (χ4v) is 3.38. The zero-order valence-electron chi connectivity index (χ0n) is 11.9. The minimum absolute atomic E-state index is 0.741. The Kier molecular flexibility index (Phi) is 3.35. The predicted molar refractivity (Wildman–Crippen MR) is 82.1 cm³/mol. The summed E-state index contributed by atoms with van der Waals surface area (Å²) in [7, 11) is 0. The average molecular weight is 275 g/mol. The van der Waals surface area contributed by atoms with Crippen LogP contribution < -0.4 is 5.32 Å². The van der Waals surface area contributed by atoms with E-state index in [4.69, 9.17) is 4.98 Å². The first-order chi connectivity index (χ1) is 9.20. The molecule has 1 aliphatic rings. The Morgan fingerprint density at radius 2 is 2.21 bits per heavy atom. The van der Waals surface area contributed by atoms with E-state index in [9.17, 15) is 0 Å². The number of hydrogen-bond donors (Lipinski definition) is 1. The van der Waals surface area contributed by atoms with Crippen LogP contribution in [-0.4, -0.2) is 16.1 Å². The normalized spacial score (nSPS) is 14.9. The molecule has 0 atom stereocenters. The van der Waals surface area contributed by atoms with Crippen LogP contribution in [0.2, 0.25) is 0 Å². The van der Waals surface area contributed by atoms with Crippen molar-refractivity contribution >= 4 is 16.5 Å². The Labute approximate surface area is 118 Å². The molecule has 1 fully saturated rings. The quantitative estimate of drug-likeness (QED) is 0.877. The monoisotopic (exact) mass is 275 g/mol. The van der Waals surface area contributed by atoms with Gasteiger partial charge in [0.15, 0.2) is 5.13 Å². The van der Waals surface area contributed by atoms with Gasteiger partial charge in [-0.1, -0.05) is 6.92 Å². The first kappa shape index (κ1) is 12.7. The average Bonchev–Trinajstić information content (AvgIpc) is 3.03. The van der Waals surface area contributed by atoms with E-state index in [0.717, 1.165) is 29.8 Å². The summed E-state index contributed by atoms with van der Waals surface area (Å²) in [5, 5.41) is 6.56. The molecule has 2 aromatic heterocycles. The standard InChI is InChI=1S/C15H21N3S/c1-4-7-16-15-17-14(9-19-15)13-8-10(2)18(11(13)3)12-5-6-12/h8-9,12H,4-7H2,1-3H3,(H,16,17). The number of nitrogens with zero attached hydrogens (tertiary/aromatic N) is 2. The highest BCUT2D eigenvalue weighted by Gasteiger charge is 2.27.